The molecule has 0 saturated carbocycles. The molecule has 10 heteroatoms. The van der Waals surface area contributed by atoms with Gasteiger partial charge in [-0.1, -0.05) is 12.1 Å². The molecule has 0 aliphatic carbocycles. The van der Waals surface area contributed by atoms with Gasteiger partial charge in [0.05, 0.1) is 35.2 Å². The molecule has 0 radical (unpaired) electrons. The van der Waals surface area contributed by atoms with Crippen molar-refractivity contribution in [3.8, 4) is 0 Å². The highest BCUT2D eigenvalue weighted by Gasteiger charge is 2.39. The fourth-order valence-corrected chi connectivity index (χ4v) is 4.25. The van der Waals surface area contributed by atoms with Crippen molar-refractivity contribution in [1.82, 2.24) is 4.98 Å². The molecular formula is C25H21F7N2O. The largest absolute Gasteiger partial charge is 0.416 e. The van der Waals surface area contributed by atoms with Gasteiger partial charge in [-0.2, -0.15) is 26.3 Å². The second-order valence-corrected chi connectivity index (χ2v) is 8.43. The Balaban J connectivity index is 1.65. The van der Waals surface area contributed by atoms with Gasteiger partial charge in [0.15, 0.2) is 0 Å². The first-order valence-electron chi connectivity index (χ1n) is 10.8. The molecule has 4 rings (SSSR count). The lowest BCUT2D eigenvalue weighted by Gasteiger charge is -2.25. The summed E-state index contributed by atoms with van der Waals surface area (Å²) >= 11 is 0. The number of rotatable bonds is 5. The van der Waals surface area contributed by atoms with Gasteiger partial charge in [-0.15, -0.1) is 0 Å². The van der Waals surface area contributed by atoms with Gasteiger partial charge in [-0.25, -0.2) is 4.39 Å². The Labute approximate surface area is 197 Å². The number of pyridine rings is 1. The van der Waals surface area contributed by atoms with E-state index in [2.05, 4.69) is 4.98 Å². The van der Waals surface area contributed by atoms with Gasteiger partial charge >= 0.3 is 12.4 Å². The van der Waals surface area contributed by atoms with Crippen LogP contribution >= 0.6 is 0 Å². The standard InChI is InChI=1S/C25H21F7N2O/c1-15(17-9-18(24(27,28)29)11-19(10-17)25(30,31)32)35-23-14-34(21-3-2-8-33-12-21)13-22(23)16-4-6-20(26)7-5-16/h2-12,15,22-23H,13-14H2,1H3. The van der Waals surface area contributed by atoms with E-state index in [4.69, 9.17) is 4.74 Å². The second-order valence-electron chi connectivity index (χ2n) is 8.43. The molecule has 3 unspecified atom stereocenters. The Kier molecular flexibility index (Phi) is 6.77. The normalized spacial score (nSPS) is 19.7. The molecule has 35 heavy (non-hydrogen) atoms. The minimum atomic E-state index is -4.95. The van der Waals surface area contributed by atoms with Crippen LogP contribution in [0.2, 0.25) is 0 Å². The first-order valence-corrected chi connectivity index (χ1v) is 10.8. The van der Waals surface area contributed by atoms with Gasteiger partial charge in [0, 0.05) is 25.2 Å². The van der Waals surface area contributed by atoms with E-state index in [0.29, 0.717) is 25.2 Å². The predicted octanol–water partition coefficient (Wildman–Crippen LogP) is 7.01. The zero-order valence-electron chi connectivity index (χ0n) is 18.4. The first kappa shape index (κ1) is 25.0. The quantitative estimate of drug-likeness (QED) is 0.354. The number of ether oxygens (including phenoxy) is 1. The van der Waals surface area contributed by atoms with Gasteiger partial charge < -0.3 is 9.64 Å². The summed E-state index contributed by atoms with van der Waals surface area (Å²) in [4.78, 5) is 6.06. The topological polar surface area (TPSA) is 25.4 Å². The molecule has 3 aromatic rings. The number of aromatic nitrogens is 1. The van der Waals surface area contributed by atoms with Crippen LogP contribution in [0, 0.1) is 5.82 Å². The molecule has 0 bridgehead atoms. The van der Waals surface area contributed by atoms with E-state index in [1.807, 2.05) is 11.0 Å². The monoisotopic (exact) mass is 498 g/mol. The second kappa shape index (κ2) is 9.49. The summed E-state index contributed by atoms with van der Waals surface area (Å²) in [5, 5.41) is 0. The van der Waals surface area contributed by atoms with Gasteiger partial charge in [-0.3, -0.25) is 4.98 Å². The highest BCUT2D eigenvalue weighted by Crippen LogP contribution is 2.40. The van der Waals surface area contributed by atoms with Crippen molar-refractivity contribution in [1.29, 1.82) is 0 Å². The van der Waals surface area contributed by atoms with Crippen molar-refractivity contribution in [3.05, 3.63) is 95.1 Å². The van der Waals surface area contributed by atoms with E-state index in [1.54, 1.807) is 30.6 Å². The van der Waals surface area contributed by atoms with Crippen molar-refractivity contribution < 1.29 is 35.5 Å². The molecule has 1 aliphatic heterocycles. The van der Waals surface area contributed by atoms with E-state index < -0.39 is 41.5 Å². The van der Waals surface area contributed by atoms with Crippen LogP contribution in [0.3, 0.4) is 0 Å². The predicted molar refractivity (Wildman–Crippen MR) is 115 cm³/mol. The van der Waals surface area contributed by atoms with Gasteiger partial charge in [0.25, 0.3) is 0 Å². The zero-order chi connectivity index (χ0) is 25.4. The molecule has 0 N–H and O–H groups in total. The van der Waals surface area contributed by atoms with Crippen LogP contribution in [0.5, 0.6) is 0 Å². The van der Waals surface area contributed by atoms with Gasteiger partial charge in [-0.05, 0) is 60.5 Å². The lowest BCUT2D eigenvalue weighted by atomic mass is 9.95. The van der Waals surface area contributed by atoms with Gasteiger partial charge in [0.1, 0.15) is 5.82 Å². The van der Waals surface area contributed by atoms with E-state index in [-0.39, 0.29) is 17.5 Å². The Bertz CT molecular complexity index is 1110. The summed E-state index contributed by atoms with van der Waals surface area (Å²) in [7, 11) is 0. The highest BCUT2D eigenvalue weighted by atomic mass is 19.4. The van der Waals surface area contributed by atoms with E-state index in [9.17, 15) is 30.7 Å². The van der Waals surface area contributed by atoms with E-state index in [1.165, 1.54) is 19.1 Å². The van der Waals surface area contributed by atoms with Crippen LogP contribution in [0.4, 0.5) is 36.4 Å². The Morgan fingerprint density at radius 1 is 0.914 bits per heavy atom. The van der Waals surface area contributed by atoms with Crippen LogP contribution in [-0.4, -0.2) is 24.2 Å². The van der Waals surface area contributed by atoms with Crippen molar-refractivity contribution in [2.45, 2.75) is 37.4 Å². The highest BCUT2D eigenvalue weighted by molar-refractivity contribution is 5.47. The molecule has 1 fully saturated rings. The lowest BCUT2D eigenvalue weighted by molar-refractivity contribution is -0.143. The number of hydrogen-bond donors (Lipinski definition) is 0. The maximum atomic E-state index is 13.5. The molecule has 1 aliphatic rings. The average molecular weight is 498 g/mol. The SMILES string of the molecule is CC(OC1CN(c2cccnc2)CC1c1ccc(F)cc1)c1cc(C(F)(F)F)cc(C(F)(F)F)c1. The molecule has 0 amide bonds. The molecule has 1 saturated heterocycles. The van der Waals surface area contributed by atoms with E-state index in [0.717, 1.165) is 11.3 Å². The number of nitrogens with zero attached hydrogens (tertiary/aromatic N) is 2. The molecule has 1 aromatic heterocycles. The zero-order valence-corrected chi connectivity index (χ0v) is 18.4. The third-order valence-corrected chi connectivity index (χ3v) is 6.03. The number of anilines is 1. The number of benzene rings is 2. The summed E-state index contributed by atoms with van der Waals surface area (Å²) in [6.45, 7) is 2.19. The minimum absolute atomic E-state index is 0.0945. The lowest BCUT2D eigenvalue weighted by Crippen LogP contribution is -2.25. The maximum Gasteiger partial charge on any atom is 0.416 e. The van der Waals surface area contributed by atoms with Crippen molar-refractivity contribution in [2.75, 3.05) is 18.0 Å². The molecule has 3 nitrogen and oxygen atoms in total. The molecule has 3 atom stereocenters. The van der Waals surface area contributed by atoms with Crippen LogP contribution in [-0.2, 0) is 17.1 Å². The molecule has 2 aromatic carbocycles. The Hall–Kier alpha value is -3.14. The number of alkyl halides is 6. The van der Waals surface area contributed by atoms with Crippen LogP contribution in [0.25, 0.3) is 0 Å². The summed E-state index contributed by atoms with van der Waals surface area (Å²) in [5.41, 5.74) is -1.48. The van der Waals surface area contributed by atoms with Crippen molar-refractivity contribution in [2.24, 2.45) is 0 Å². The molecule has 0 spiro atoms. The Morgan fingerprint density at radius 2 is 1.54 bits per heavy atom. The fourth-order valence-electron chi connectivity index (χ4n) is 4.25. The van der Waals surface area contributed by atoms with Crippen LogP contribution < -0.4 is 4.90 Å². The Morgan fingerprint density at radius 3 is 2.09 bits per heavy atom. The van der Waals surface area contributed by atoms with Crippen molar-refractivity contribution >= 4 is 5.69 Å². The molecule has 2 heterocycles. The van der Waals surface area contributed by atoms with Gasteiger partial charge in [0.2, 0.25) is 0 Å². The average Bonchev–Trinajstić information content (AvgIpc) is 3.22. The summed E-state index contributed by atoms with van der Waals surface area (Å²) in [5.74, 6) is -0.725. The van der Waals surface area contributed by atoms with Crippen molar-refractivity contribution in [3.63, 3.8) is 0 Å². The van der Waals surface area contributed by atoms with E-state index >= 15 is 0 Å². The molecular weight excluding hydrogens is 477 g/mol. The van der Waals surface area contributed by atoms with Crippen LogP contribution in [0.1, 0.15) is 41.2 Å². The third-order valence-electron chi connectivity index (χ3n) is 6.03. The summed E-state index contributed by atoms with van der Waals surface area (Å²) < 4.78 is 99.4. The van der Waals surface area contributed by atoms with Crippen LogP contribution in [0.15, 0.2) is 67.0 Å². The summed E-state index contributed by atoms with van der Waals surface area (Å²) in [6, 6.07) is 10.8. The molecule has 186 valence electrons. The smallest absolute Gasteiger partial charge is 0.368 e. The fraction of sp³-hybridized carbons (Fsp3) is 0.320. The minimum Gasteiger partial charge on any atom is -0.368 e. The summed E-state index contributed by atoms with van der Waals surface area (Å²) in [6.07, 6.45) is -8.29. The first-order chi connectivity index (χ1) is 16.4. The number of halogens is 7. The number of hydrogen-bond acceptors (Lipinski definition) is 3. The maximum absolute atomic E-state index is 13.5. The third kappa shape index (κ3) is 5.75.